The van der Waals surface area contributed by atoms with Crippen molar-refractivity contribution in [2.24, 2.45) is 5.10 Å². The molecule has 96 valence electrons. The first-order valence-electron chi connectivity index (χ1n) is 6.04. The molecule has 1 heterocycles. The Hall–Kier alpha value is -0.930. The van der Waals surface area contributed by atoms with E-state index in [1.165, 1.54) is 5.56 Å². The van der Waals surface area contributed by atoms with E-state index in [1.807, 2.05) is 17.1 Å². The first-order chi connectivity index (χ1) is 8.76. The number of alkyl halides is 1. The molecule has 0 N–H and O–H groups in total. The van der Waals surface area contributed by atoms with Crippen molar-refractivity contribution >= 4 is 29.1 Å². The maximum atomic E-state index is 5.89. The molecule has 0 amide bonds. The zero-order valence-electron chi connectivity index (χ0n) is 9.85. The third-order valence-corrected chi connectivity index (χ3v) is 4.07. The van der Waals surface area contributed by atoms with Gasteiger partial charge in [0.15, 0.2) is 6.73 Å². The largest absolute Gasteiger partial charge is 0.456 e. The molecule has 0 spiro atoms. The van der Waals surface area contributed by atoms with Crippen molar-refractivity contribution in [2.75, 3.05) is 12.6 Å². The second kappa shape index (κ2) is 4.98. The molecule has 5 heteroatoms. The maximum absolute atomic E-state index is 5.89. The minimum atomic E-state index is 0.351. The van der Waals surface area contributed by atoms with Gasteiger partial charge >= 0.3 is 0 Å². The second-order valence-corrected chi connectivity index (χ2v) is 5.42. The summed E-state index contributed by atoms with van der Waals surface area (Å²) in [5, 5.41) is 7.14. The number of halogens is 2. The van der Waals surface area contributed by atoms with Crippen molar-refractivity contribution in [1.29, 1.82) is 0 Å². The van der Waals surface area contributed by atoms with E-state index >= 15 is 0 Å². The Bertz CT molecular complexity index is 455. The number of ether oxygens (including phenoxy) is 1. The lowest BCUT2D eigenvalue weighted by Gasteiger charge is -2.39. The van der Waals surface area contributed by atoms with Crippen LogP contribution in [0.5, 0.6) is 0 Å². The van der Waals surface area contributed by atoms with E-state index in [0.717, 1.165) is 17.9 Å². The molecule has 3 rings (SSSR count). The molecule has 3 nitrogen and oxygen atoms in total. The topological polar surface area (TPSA) is 24.8 Å². The van der Waals surface area contributed by atoms with Crippen LogP contribution in [0.15, 0.2) is 29.4 Å². The van der Waals surface area contributed by atoms with Crippen LogP contribution >= 0.6 is 23.2 Å². The number of benzene rings is 1. The van der Waals surface area contributed by atoms with E-state index in [0.29, 0.717) is 30.5 Å². The normalized spacial score (nSPS) is 26.6. The summed E-state index contributed by atoms with van der Waals surface area (Å²) in [6.07, 6.45) is 2.23. The van der Waals surface area contributed by atoms with Crippen LogP contribution in [-0.4, -0.2) is 29.6 Å². The summed E-state index contributed by atoms with van der Waals surface area (Å²) in [6, 6.07) is 8.60. The second-order valence-electron chi connectivity index (χ2n) is 4.71. The number of hydrogen-bond acceptors (Lipinski definition) is 3. The fraction of sp³-hybridized carbons (Fsp3) is 0.462. The van der Waals surface area contributed by atoms with Gasteiger partial charge in [0.25, 0.3) is 0 Å². The molecule has 1 aliphatic heterocycles. The average molecular weight is 285 g/mol. The van der Waals surface area contributed by atoms with Gasteiger partial charge in [-0.05, 0) is 36.5 Å². The smallest absolute Gasteiger partial charge is 0.223 e. The summed E-state index contributed by atoms with van der Waals surface area (Å²) in [5.74, 6) is 1.60. The zero-order chi connectivity index (χ0) is 12.5. The van der Waals surface area contributed by atoms with Crippen molar-refractivity contribution < 1.29 is 4.74 Å². The molecule has 1 aliphatic carbocycles. The van der Waals surface area contributed by atoms with Gasteiger partial charge < -0.3 is 4.74 Å². The molecule has 2 aliphatic rings. The van der Waals surface area contributed by atoms with Gasteiger partial charge in [-0.3, -0.25) is 5.01 Å². The molecular weight excluding hydrogens is 271 g/mol. The van der Waals surface area contributed by atoms with Crippen molar-refractivity contribution in [3.63, 3.8) is 0 Å². The van der Waals surface area contributed by atoms with Crippen LogP contribution in [0.2, 0.25) is 5.02 Å². The summed E-state index contributed by atoms with van der Waals surface area (Å²) in [6.45, 7) is 0.542. The van der Waals surface area contributed by atoms with Crippen molar-refractivity contribution in [2.45, 2.75) is 24.8 Å². The Morgan fingerprint density at radius 2 is 2.00 bits per heavy atom. The molecule has 18 heavy (non-hydrogen) atoms. The van der Waals surface area contributed by atoms with Gasteiger partial charge in [-0.25, -0.2) is 0 Å². The van der Waals surface area contributed by atoms with Crippen LogP contribution in [0, 0.1) is 0 Å². The molecule has 0 radical (unpaired) electrons. The Balaban J connectivity index is 1.57. The standard InChI is InChI=1S/C13H14Cl2N2O/c14-7-13-16-17(8-18-13)12-5-10(6-12)9-1-3-11(15)4-2-9/h1-4,10,12H,5-8H2. The Labute approximate surface area is 116 Å². The quantitative estimate of drug-likeness (QED) is 0.795. The van der Waals surface area contributed by atoms with Gasteiger partial charge in [-0.15, -0.1) is 16.7 Å². The van der Waals surface area contributed by atoms with Gasteiger partial charge in [-0.1, -0.05) is 23.7 Å². The lowest BCUT2D eigenvalue weighted by Crippen LogP contribution is -2.39. The van der Waals surface area contributed by atoms with E-state index in [9.17, 15) is 0 Å². The van der Waals surface area contributed by atoms with Crippen LogP contribution in [0.1, 0.15) is 24.3 Å². The number of hydrazone groups is 1. The van der Waals surface area contributed by atoms with Gasteiger partial charge in [-0.2, -0.15) is 0 Å². The highest BCUT2D eigenvalue weighted by molar-refractivity contribution is 6.30. The van der Waals surface area contributed by atoms with E-state index in [1.54, 1.807) is 0 Å². The Kier molecular flexibility index (Phi) is 3.35. The van der Waals surface area contributed by atoms with E-state index < -0.39 is 0 Å². The fourth-order valence-electron chi connectivity index (χ4n) is 2.43. The first kappa shape index (κ1) is 12.1. The highest BCUT2D eigenvalue weighted by Crippen LogP contribution is 2.40. The van der Waals surface area contributed by atoms with Gasteiger partial charge in [0, 0.05) is 5.02 Å². The molecule has 0 bridgehead atoms. The summed E-state index contributed by atoms with van der Waals surface area (Å²) >= 11 is 11.6. The van der Waals surface area contributed by atoms with Crippen molar-refractivity contribution in [3.8, 4) is 0 Å². The van der Waals surface area contributed by atoms with Crippen LogP contribution in [0.3, 0.4) is 0 Å². The molecule has 0 atom stereocenters. The maximum Gasteiger partial charge on any atom is 0.223 e. The number of nitrogens with zero attached hydrogens (tertiary/aromatic N) is 2. The minimum absolute atomic E-state index is 0.351. The van der Waals surface area contributed by atoms with Crippen molar-refractivity contribution in [1.82, 2.24) is 5.01 Å². The third-order valence-electron chi connectivity index (χ3n) is 3.59. The molecule has 1 fully saturated rings. The predicted molar refractivity (Wildman–Crippen MR) is 73.2 cm³/mol. The van der Waals surface area contributed by atoms with Crippen LogP contribution in [-0.2, 0) is 4.74 Å². The number of rotatable bonds is 3. The Morgan fingerprint density at radius 1 is 1.28 bits per heavy atom. The van der Waals surface area contributed by atoms with Crippen LogP contribution in [0.25, 0.3) is 0 Å². The molecule has 0 saturated heterocycles. The van der Waals surface area contributed by atoms with Crippen LogP contribution in [0.4, 0.5) is 0 Å². The summed E-state index contributed by atoms with van der Waals surface area (Å²) in [7, 11) is 0. The summed E-state index contributed by atoms with van der Waals surface area (Å²) in [5.41, 5.74) is 1.36. The van der Waals surface area contributed by atoms with Gasteiger partial charge in [0.2, 0.25) is 5.90 Å². The average Bonchev–Trinajstić information content (AvgIpc) is 2.78. The SMILES string of the molecule is ClCC1=NN(C2CC(c3ccc(Cl)cc3)C2)CO1. The van der Waals surface area contributed by atoms with E-state index in [-0.39, 0.29) is 0 Å². The molecule has 1 aromatic rings. The molecule has 1 aromatic carbocycles. The lowest BCUT2D eigenvalue weighted by atomic mass is 9.76. The van der Waals surface area contributed by atoms with Crippen molar-refractivity contribution in [3.05, 3.63) is 34.9 Å². The van der Waals surface area contributed by atoms with Crippen LogP contribution < -0.4 is 0 Å². The van der Waals surface area contributed by atoms with Gasteiger partial charge in [0.05, 0.1) is 6.04 Å². The zero-order valence-corrected chi connectivity index (χ0v) is 11.4. The number of hydrogen-bond donors (Lipinski definition) is 0. The highest BCUT2D eigenvalue weighted by atomic mass is 35.5. The third kappa shape index (κ3) is 2.29. The fourth-order valence-corrected chi connectivity index (χ4v) is 2.69. The molecule has 0 unspecified atom stereocenters. The predicted octanol–water partition coefficient (Wildman–Crippen LogP) is 3.43. The minimum Gasteiger partial charge on any atom is -0.456 e. The monoisotopic (exact) mass is 284 g/mol. The highest BCUT2D eigenvalue weighted by Gasteiger charge is 2.36. The molecular formula is C13H14Cl2N2O. The lowest BCUT2D eigenvalue weighted by molar-refractivity contribution is 0.0658. The Morgan fingerprint density at radius 3 is 2.61 bits per heavy atom. The molecule has 0 aromatic heterocycles. The summed E-state index contributed by atoms with van der Waals surface area (Å²) in [4.78, 5) is 0. The van der Waals surface area contributed by atoms with E-state index in [4.69, 9.17) is 27.9 Å². The van der Waals surface area contributed by atoms with E-state index in [2.05, 4.69) is 17.2 Å². The summed E-state index contributed by atoms with van der Waals surface area (Å²) < 4.78 is 5.35. The first-order valence-corrected chi connectivity index (χ1v) is 6.96. The van der Waals surface area contributed by atoms with Gasteiger partial charge in [0.1, 0.15) is 5.88 Å². The molecule has 1 saturated carbocycles.